The molecule has 0 aliphatic carbocycles. The number of aromatic nitrogens is 1. The summed E-state index contributed by atoms with van der Waals surface area (Å²) in [5, 5.41) is 5.30. The van der Waals surface area contributed by atoms with Gasteiger partial charge < -0.3 is 15.4 Å². The summed E-state index contributed by atoms with van der Waals surface area (Å²) in [5.41, 5.74) is 1.54. The molecule has 3 rings (SSSR count). The van der Waals surface area contributed by atoms with Crippen LogP contribution in [0, 0.1) is 24.4 Å². The molecule has 0 saturated heterocycles. The molecule has 3 aromatic rings. The van der Waals surface area contributed by atoms with Gasteiger partial charge in [0.1, 0.15) is 5.75 Å². The van der Waals surface area contributed by atoms with Gasteiger partial charge in [-0.25, -0.2) is 13.2 Å². The number of ether oxygens (including phenoxy) is 1. The summed E-state index contributed by atoms with van der Waals surface area (Å²) in [6, 6.07) is 8.59. The number of nitrogens with one attached hydrogen (secondary N) is 2. The third-order valence-corrected chi connectivity index (χ3v) is 3.92. The van der Waals surface area contributed by atoms with Gasteiger partial charge in [0.05, 0.1) is 35.9 Å². The zero-order valence-corrected chi connectivity index (χ0v) is 15.0. The molecule has 0 unspecified atom stereocenters. The number of carbonyl (C=O) groups is 1. The van der Waals surface area contributed by atoms with Crippen molar-refractivity contribution in [3.05, 3.63) is 77.4 Å². The third-order valence-electron chi connectivity index (χ3n) is 3.92. The van der Waals surface area contributed by atoms with Gasteiger partial charge in [-0.15, -0.1) is 0 Å². The Labute approximate surface area is 159 Å². The number of anilines is 3. The molecule has 144 valence electrons. The summed E-state index contributed by atoms with van der Waals surface area (Å²) in [6.07, 6.45) is 2.65. The van der Waals surface area contributed by atoms with Crippen LogP contribution in [0.2, 0.25) is 0 Å². The fourth-order valence-corrected chi connectivity index (χ4v) is 2.52. The highest BCUT2D eigenvalue weighted by atomic mass is 19.2. The van der Waals surface area contributed by atoms with E-state index in [4.69, 9.17) is 4.74 Å². The first-order valence-electron chi connectivity index (χ1n) is 8.20. The molecule has 0 atom stereocenters. The number of pyridine rings is 1. The monoisotopic (exact) mass is 387 g/mol. The molecular formula is C20H16F3N3O2. The van der Waals surface area contributed by atoms with E-state index < -0.39 is 23.4 Å². The van der Waals surface area contributed by atoms with E-state index in [2.05, 4.69) is 15.6 Å². The number of methoxy groups -OCH3 is 1. The predicted molar refractivity (Wildman–Crippen MR) is 99.5 cm³/mol. The number of hydrogen-bond donors (Lipinski definition) is 2. The maximum atomic E-state index is 13.8. The lowest BCUT2D eigenvalue weighted by Crippen LogP contribution is -2.13. The van der Waals surface area contributed by atoms with Gasteiger partial charge in [0, 0.05) is 6.20 Å². The summed E-state index contributed by atoms with van der Waals surface area (Å²) in [7, 11) is 1.49. The zero-order chi connectivity index (χ0) is 20.3. The quantitative estimate of drug-likeness (QED) is 0.617. The molecule has 1 amide bonds. The van der Waals surface area contributed by atoms with Crippen LogP contribution < -0.4 is 15.4 Å². The standard InChI is InChI=1S/C20H16F3N3O2/c1-11-3-6-17(28-2)16(7-11)26-20(27)12-8-13(10-24-9-12)25-15-5-4-14(21)18(22)19(15)23/h3-10,25H,1-2H3,(H,26,27). The first-order valence-corrected chi connectivity index (χ1v) is 8.20. The van der Waals surface area contributed by atoms with Gasteiger partial charge in [-0.05, 0) is 42.8 Å². The molecule has 28 heavy (non-hydrogen) atoms. The smallest absolute Gasteiger partial charge is 0.257 e. The Bertz CT molecular complexity index is 1040. The average Bonchev–Trinajstić information content (AvgIpc) is 2.69. The Balaban J connectivity index is 1.83. The van der Waals surface area contributed by atoms with E-state index in [0.29, 0.717) is 11.4 Å². The topological polar surface area (TPSA) is 63.2 Å². The minimum Gasteiger partial charge on any atom is -0.495 e. The van der Waals surface area contributed by atoms with Crippen LogP contribution in [0.1, 0.15) is 15.9 Å². The molecule has 0 aliphatic heterocycles. The molecule has 0 aliphatic rings. The van der Waals surface area contributed by atoms with E-state index in [0.717, 1.165) is 17.7 Å². The lowest BCUT2D eigenvalue weighted by atomic mass is 10.2. The first-order chi connectivity index (χ1) is 13.4. The van der Waals surface area contributed by atoms with Crippen LogP contribution in [-0.2, 0) is 0 Å². The van der Waals surface area contributed by atoms with Gasteiger partial charge in [0.25, 0.3) is 5.91 Å². The van der Waals surface area contributed by atoms with Gasteiger partial charge in [0.2, 0.25) is 0 Å². The Hall–Kier alpha value is -3.55. The van der Waals surface area contributed by atoms with Gasteiger partial charge >= 0.3 is 0 Å². The van der Waals surface area contributed by atoms with Crippen molar-refractivity contribution < 1.29 is 22.7 Å². The van der Waals surface area contributed by atoms with E-state index in [-0.39, 0.29) is 16.9 Å². The van der Waals surface area contributed by atoms with Crippen LogP contribution in [0.4, 0.5) is 30.2 Å². The van der Waals surface area contributed by atoms with E-state index in [9.17, 15) is 18.0 Å². The number of amides is 1. The first kappa shape index (κ1) is 19.2. The van der Waals surface area contributed by atoms with Crippen molar-refractivity contribution in [1.82, 2.24) is 4.98 Å². The Morgan fingerprint density at radius 1 is 1.00 bits per heavy atom. The summed E-state index contributed by atoms with van der Waals surface area (Å²) < 4.78 is 45.5. The van der Waals surface area contributed by atoms with Crippen molar-refractivity contribution in [2.45, 2.75) is 6.92 Å². The number of halogens is 3. The normalized spacial score (nSPS) is 10.5. The van der Waals surface area contributed by atoms with Crippen LogP contribution >= 0.6 is 0 Å². The maximum absolute atomic E-state index is 13.8. The van der Waals surface area contributed by atoms with Crippen molar-refractivity contribution in [2.75, 3.05) is 17.7 Å². The van der Waals surface area contributed by atoms with Gasteiger partial charge in [-0.3, -0.25) is 9.78 Å². The van der Waals surface area contributed by atoms with Gasteiger partial charge in [-0.1, -0.05) is 6.07 Å². The second kappa shape index (κ2) is 7.99. The number of rotatable bonds is 5. The van der Waals surface area contributed by atoms with Gasteiger partial charge in [0.15, 0.2) is 17.5 Å². The molecule has 0 radical (unpaired) electrons. The fourth-order valence-electron chi connectivity index (χ4n) is 2.52. The molecule has 0 saturated carbocycles. The lowest BCUT2D eigenvalue weighted by molar-refractivity contribution is 0.102. The highest BCUT2D eigenvalue weighted by Gasteiger charge is 2.15. The lowest BCUT2D eigenvalue weighted by Gasteiger charge is -2.12. The average molecular weight is 387 g/mol. The molecule has 1 heterocycles. The number of benzene rings is 2. The summed E-state index contributed by atoms with van der Waals surface area (Å²) >= 11 is 0. The van der Waals surface area contributed by atoms with Crippen molar-refractivity contribution in [3.8, 4) is 5.75 Å². The largest absolute Gasteiger partial charge is 0.495 e. The van der Waals surface area contributed by atoms with E-state index in [1.54, 1.807) is 12.1 Å². The van der Waals surface area contributed by atoms with Crippen LogP contribution in [0.5, 0.6) is 5.75 Å². The van der Waals surface area contributed by atoms with Crippen LogP contribution in [0.25, 0.3) is 0 Å². The molecule has 2 N–H and O–H groups in total. The Morgan fingerprint density at radius 2 is 1.79 bits per heavy atom. The number of carbonyl (C=O) groups excluding carboxylic acids is 1. The summed E-state index contributed by atoms with van der Waals surface area (Å²) in [4.78, 5) is 16.5. The second-order valence-corrected chi connectivity index (χ2v) is 5.97. The fraction of sp³-hybridized carbons (Fsp3) is 0.100. The van der Waals surface area contributed by atoms with E-state index in [1.165, 1.54) is 25.6 Å². The summed E-state index contributed by atoms with van der Waals surface area (Å²) in [5.74, 6) is -4.21. The minimum absolute atomic E-state index is 0.177. The maximum Gasteiger partial charge on any atom is 0.257 e. The van der Waals surface area contributed by atoms with Gasteiger partial charge in [-0.2, -0.15) is 0 Å². The predicted octanol–water partition coefficient (Wildman–Crippen LogP) is 4.81. The minimum atomic E-state index is -1.58. The van der Waals surface area contributed by atoms with Crippen molar-refractivity contribution >= 4 is 23.0 Å². The van der Waals surface area contributed by atoms with Crippen LogP contribution in [0.3, 0.4) is 0 Å². The molecule has 0 fully saturated rings. The number of aryl methyl sites for hydroxylation is 1. The van der Waals surface area contributed by atoms with Crippen molar-refractivity contribution in [2.24, 2.45) is 0 Å². The second-order valence-electron chi connectivity index (χ2n) is 5.97. The van der Waals surface area contributed by atoms with Crippen LogP contribution in [-0.4, -0.2) is 18.0 Å². The van der Waals surface area contributed by atoms with E-state index >= 15 is 0 Å². The molecule has 0 spiro atoms. The molecule has 0 bridgehead atoms. The van der Waals surface area contributed by atoms with Crippen LogP contribution in [0.15, 0.2) is 48.8 Å². The Kier molecular flexibility index (Phi) is 5.49. The zero-order valence-electron chi connectivity index (χ0n) is 15.0. The van der Waals surface area contributed by atoms with Crippen molar-refractivity contribution in [3.63, 3.8) is 0 Å². The van der Waals surface area contributed by atoms with E-state index in [1.807, 2.05) is 13.0 Å². The molecular weight excluding hydrogens is 371 g/mol. The Morgan fingerprint density at radius 3 is 2.54 bits per heavy atom. The SMILES string of the molecule is COc1ccc(C)cc1NC(=O)c1cncc(Nc2ccc(F)c(F)c2F)c1. The number of hydrogen-bond acceptors (Lipinski definition) is 4. The highest BCUT2D eigenvalue weighted by Crippen LogP contribution is 2.27. The molecule has 1 aromatic heterocycles. The summed E-state index contributed by atoms with van der Waals surface area (Å²) in [6.45, 7) is 1.87. The molecule has 5 nitrogen and oxygen atoms in total. The highest BCUT2D eigenvalue weighted by molar-refractivity contribution is 6.05. The number of nitrogens with zero attached hydrogens (tertiary/aromatic N) is 1. The molecule has 2 aromatic carbocycles. The molecule has 8 heteroatoms. The van der Waals surface area contributed by atoms with Crippen molar-refractivity contribution in [1.29, 1.82) is 0 Å². The third kappa shape index (κ3) is 4.06.